The first-order chi connectivity index (χ1) is 11.3. The second kappa shape index (κ2) is 7.21. The monoisotopic (exact) mass is 335 g/mol. The summed E-state index contributed by atoms with van der Waals surface area (Å²) in [5, 5.41) is 0. The topological polar surface area (TPSA) is 65.1 Å². The van der Waals surface area contributed by atoms with Gasteiger partial charge in [-0.05, 0) is 51.3 Å². The van der Waals surface area contributed by atoms with Gasteiger partial charge in [0.25, 0.3) is 5.91 Å². The molecular weight excluding hydrogens is 310 g/mol. The molecule has 1 amide bonds. The Balaban J connectivity index is 2.40. The van der Waals surface area contributed by atoms with Crippen LogP contribution in [0.2, 0.25) is 0 Å². The number of rotatable bonds is 6. The van der Waals surface area contributed by atoms with Crippen LogP contribution >= 0.6 is 0 Å². The van der Waals surface area contributed by atoms with Crippen LogP contribution < -0.4 is 9.64 Å². The number of carbonyl (C=O) groups excluding carboxylic acids is 2. The van der Waals surface area contributed by atoms with Crippen LogP contribution in [0, 0.1) is 6.92 Å². The second-order valence-electron chi connectivity index (χ2n) is 6.40. The molecule has 0 aliphatic carbocycles. The van der Waals surface area contributed by atoms with Crippen molar-refractivity contribution in [1.29, 1.82) is 0 Å². The van der Waals surface area contributed by atoms with Crippen molar-refractivity contribution in [2.75, 3.05) is 32.3 Å². The number of nitrogens with zero attached hydrogens (tertiary/aromatic N) is 1. The number of carbonyl (C=O) groups is 2. The molecule has 0 spiro atoms. The lowest BCUT2D eigenvalue weighted by Crippen LogP contribution is -2.52. The lowest BCUT2D eigenvalue weighted by atomic mass is 10.00. The Morgan fingerprint density at radius 3 is 2.58 bits per heavy atom. The van der Waals surface area contributed by atoms with Crippen LogP contribution in [0.3, 0.4) is 0 Å². The molecule has 6 nitrogen and oxygen atoms in total. The highest BCUT2D eigenvalue weighted by molar-refractivity contribution is 6.04. The summed E-state index contributed by atoms with van der Waals surface area (Å²) in [5.74, 6) is 0.0653. The van der Waals surface area contributed by atoms with E-state index in [0.29, 0.717) is 30.2 Å². The molecule has 1 aromatic rings. The van der Waals surface area contributed by atoms with E-state index in [1.807, 2.05) is 6.92 Å². The van der Waals surface area contributed by atoms with Gasteiger partial charge in [-0.2, -0.15) is 0 Å². The molecule has 0 saturated carbocycles. The van der Waals surface area contributed by atoms with Crippen LogP contribution in [0.5, 0.6) is 5.75 Å². The quantitative estimate of drug-likeness (QED) is 0.591. The summed E-state index contributed by atoms with van der Waals surface area (Å²) in [4.78, 5) is 26.4. The molecular formula is C18H25NO5. The minimum absolute atomic E-state index is 0.118. The molecule has 0 atom stereocenters. The summed E-state index contributed by atoms with van der Waals surface area (Å²) in [7, 11) is 3.00. The number of aryl methyl sites for hydroxylation is 1. The van der Waals surface area contributed by atoms with Crippen molar-refractivity contribution in [3.63, 3.8) is 0 Å². The van der Waals surface area contributed by atoms with Gasteiger partial charge < -0.3 is 19.1 Å². The molecule has 0 saturated heterocycles. The largest absolute Gasteiger partial charge is 0.476 e. The van der Waals surface area contributed by atoms with Gasteiger partial charge in [-0.25, -0.2) is 4.79 Å². The third kappa shape index (κ3) is 3.53. The second-order valence-corrected chi connectivity index (χ2v) is 6.40. The van der Waals surface area contributed by atoms with Crippen molar-refractivity contribution >= 4 is 17.6 Å². The maximum atomic E-state index is 12.8. The summed E-state index contributed by atoms with van der Waals surface area (Å²) < 4.78 is 15.8. The van der Waals surface area contributed by atoms with E-state index in [1.165, 1.54) is 7.11 Å². The van der Waals surface area contributed by atoms with E-state index in [9.17, 15) is 9.59 Å². The number of anilines is 1. The van der Waals surface area contributed by atoms with Crippen molar-refractivity contribution in [3.05, 3.63) is 23.3 Å². The van der Waals surface area contributed by atoms with Gasteiger partial charge >= 0.3 is 5.97 Å². The number of hydrogen-bond donors (Lipinski definition) is 0. The molecule has 1 heterocycles. The first-order valence-electron chi connectivity index (χ1n) is 8.04. The Labute approximate surface area is 142 Å². The first-order valence-corrected chi connectivity index (χ1v) is 8.04. The normalized spacial score (nSPS) is 15.7. The molecule has 0 radical (unpaired) electrons. The van der Waals surface area contributed by atoms with E-state index in [-0.39, 0.29) is 5.91 Å². The van der Waals surface area contributed by atoms with Gasteiger partial charge in [0.05, 0.1) is 18.4 Å². The fraction of sp³-hybridized carbons (Fsp3) is 0.556. The maximum Gasteiger partial charge on any atom is 0.338 e. The summed E-state index contributed by atoms with van der Waals surface area (Å²) in [6.45, 7) is 6.53. The number of ether oxygens (including phenoxy) is 3. The van der Waals surface area contributed by atoms with Gasteiger partial charge in [-0.3, -0.25) is 4.79 Å². The highest BCUT2D eigenvalue weighted by Crippen LogP contribution is 2.40. The third-order valence-electron chi connectivity index (χ3n) is 4.11. The maximum absolute atomic E-state index is 12.8. The molecule has 0 aromatic heterocycles. The van der Waals surface area contributed by atoms with Gasteiger partial charge in [-0.1, -0.05) is 0 Å². The molecule has 1 aliphatic rings. The van der Waals surface area contributed by atoms with Gasteiger partial charge in [0, 0.05) is 20.3 Å². The van der Waals surface area contributed by atoms with Crippen molar-refractivity contribution in [1.82, 2.24) is 0 Å². The molecule has 132 valence electrons. The molecule has 6 heteroatoms. The molecule has 24 heavy (non-hydrogen) atoms. The number of benzene rings is 1. The van der Waals surface area contributed by atoms with E-state index < -0.39 is 11.6 Å². The van der Waals surface area contributed by atoms with Crippen LogP contribution in [0.1, 0.15) is 42.6 Å². The van der Waals surface area contributed by atoms with Crippen molar-refractivity contribution in [2.24, 2.45) is 0 Å². The molecule has 0 fully saturated rings. The molecule has 1 aromatic carbocycles. The van der Waals surface area contributed by atoms with Crippen molar-refractivity contribution < 1.29 is 23.8 Å². The lowest BCUT2D eigenvalue weighted by molar-refractivity contribution is -0.132. The number of esters is 1. The Kier molecular flexibility index (Phi) is 5.49. The van der Waals surface area contributed by atoms with Crippen molar-refractivity contribution in [2.45, 2.75) is 39.2 Å². The van der Waals surface area contributed by atoms with Crippen LogP contribution in [0.4, 0.5) is 5.69 Å². The number of unbranched alkanes of at least 4 members (excludes halogenated alkanes) is 1. The number of hydrogen-bond acceptors (Lipinski definition) is 5. The van der Waals surface area contributed by atoms with Gasteiger partial charge in [0.2, 0.25) is 0 Å². The average Bonchev–Trinajstić information content (AvgIpc) is 2.53. The lowest BCUT2D eigenvalue weighted by Gasteiger charge is -2.39. The third-order valence-corrected chi connectivity index (χ3v) is 4.11. The zero-order valence-corrected chi connectivity index (χ0v) is 15.0. The average molecular weight is 335 g/mol. The smallest absolute Gasteiger partial charge is 0.338 e. The van der Waals surface area contributed by atoms with E-state index in [1.54, 1.807) is 38.0 Å². The summed E-state index contributed by atoms with van der Waals surface area (Å²) >= 11 is 0. The minimum atomic E-state index is -0.937. The van der Waals surface area contributed by atoms with Crippen LogP contribution in [0.25, 0.3) is 0 Å². The number of amides is 1. The Morgan fingerprint density at radius 2 is 1.96 bits per heavy atom. The van der Waals surface area contributed by atoms with E-state index >= 15 is 0 Å². The Bertz CT molecular complexity index is 639. The highest BCUT2D eigenvalue weighted by atomic mass is 16.5. The molecule has 0 bridgehead atoms. The fourth-order valence-corrected chi connectivity index (χ4v) is 2.78. The Morgan fingerprint density at radius 1 is 1.25 bits per heavy atom. The summed E-state index contributed by atoms with van der Waals surface area (Å²) in [5.41, 5.74) is 0.870. The van der Waals surface area contributed by atoms with E-state index in [0.717, 1.165) is 18.4 Å². The standard InChI is InChI=1S/C18H25NO5/c1-12-10-15-14(11-13(12)16(20)23-5)19(8-6-7-9-22-4)17(21)18(2,3)24-15/h10-11H,6-9H2,1-5H3. The van der Waals surface area contributed by atoms with E-state index in [4.69, 9.17) is 14.2 Å². The zero-order valence-electron chi connectivity index (χ0n) is 15.0. The predicted molar refractivity (Wildman–Crippen MR) is 90.7 cm³/mol. The molecule has 0 unspecified atom stereocenters. The minimum Gasteiger partial charge on any atom is -0.476 e. The zero-order chi connectivity index (χ0) is 17.9. The van der Waals surface area contributed by atoms with Crippen molar-refractivity contribution in [3.8, 4) is 5.75 Å². The first kappa shape index (κ1) is 18.3. The van der Waals surface area contributed by atoms with Gasteiger partial charge in [0.15, 0.2) is 5.60 Å². The predicted octanol–water partition coefficient (Wildman–Crippen LogP) is 2.71. The molecule has 2 rings (SSSR count). The number of fused-ring (bicyclic) bond motifs is 1. The van der Waals surface area contributed by atoms with Crippen LogP contribution in [0.15, 0.2) is 12.1 Å². The van der Waals surface area contributed by atoms with Crippen LogP contribution in [-0.4, -0.2) is 44.8 Å². The fourth-order valence-electron chi connectivity index (χ4n) is 2.78. The summed E-state index contributed by atoms with van der Waals surface area (Å²) in [6.07, 6.45) is 1.66. The molecule has 1 aliphatic heterocycles. The van der Waals surface area contributed by atoms with Crippen LogP contribution in [-0.2, 0) is 14.3 Å². The van der Waals surface area contributed by atoms with E-state index in [2.05, 4.69) is 0 Å². The highest BCUT2D eigenvalue weighted by Gasteiger charge is 2.41. The Hall–Kier alpha value is -2.08. The SMILES string of the molecule is COCCCCN1C(=O)C(C)(C)Oc2cc(C)c(C(=O)OC)cc21. The van der Waals surface area contributed by atoms with Gasteiger partial charge in [0.1, 0.15) is 5.75 Å². The molecule has 0 N–H and O–H groups in total. The van der Waals surface area contributed by atoms with Gasteiger partial charge in [-0.15, -0.1) is 0 Å². The summed E-state index contributed by atoms with van der Waals surface area (Å²) in [6, 6.07) is 3.47. The number of methoxy groups -OCH3 is 2.